The van der Waals surface area contributed by atoms with Gasteiger partial charge in [0.15, 0.2) is 0 Å². The second-order valence-electron chi connectivity index (χ2n) is 6.98. The van der Waals surface area contributed by atoms with Gasteiger partial charge in [0.1, 0.15) is 0 Å². The van der Waals surface area contributed by atoms with Crippen molar-refractivity contribution < 1.29 is 13.2 Å². The molecule has 1 saturated heterocycles. The maximum absolute atomic E-state index is 12.7. The Labute approximate surface area is 172 Å². The summed E-state index contributed by atoms with van der Waals surface area (Å²) in [6, 6.07) is 11.9. The number of benzene rings is 2. The van der Waals surface area contributed by atoms with E-state index in [2.05, 4.69) is 4.72 Å². The van der Waals surface area contributed by atoms with Crippen LogP contribution < -0.4 is 10.5 Å². The van der Waals surface area contributed by atoms with Gasteiger partial charge < -0.3 is 10.6 Å². The van der Waals surface area contributed by atoms with Gasteiger partial charge in [-0.15, -0.1) is 12.4 Å². The summed E-state index contributed by atoms with van der Waals surface area (Å²) < 4.78 is 28.0. The van der Waals surface area contributed by atoms with Gasteiger partial charge in [-0.2, -0.15) is 0 Å². The number of nitrogens with two attached hydrogens (primary N) is 1. The monoisotopic (exact) mass is 423 g/mol. The second kappa shape index (κ2) is 8.94. The average Bonchev–Trinajstić information content (AvgIpc) is 3.12. The first kappa shape index (κ1) is 22.2. The largest absolute Gasteiger partial charge is 0.334 e. The number of halogens is 1. The first-order chi connectivity index (χ1) is 12.8. The van der Waals surface area contributed by atoms with Gasteiger partial charge in [0.05, 0.1) is 4.90 Å². The highest BCUT2D eigenvalue weighted by molar-refractivity contribution is 7.92. The number of aryl methyl sites for hydroxylation is 2. The Morgan fingerprint density at radius 1 is 1.18 bits per heavy atom. The van der Waals surface area contributed by atoms with Crippen LogP contribution in [0.3, 0.4) is 0 Å². The molecule has 0 bridgehead atoms. The third-order valence-electron chi connectivity index (χ3n) is 4.93. The van der Waals surface area contributed by atoms with Crippen LogP contribution in [0.15, 0.2) is 47.4 Å². The lowest BCUT2D eigenvalue weighted by atomic mass is 10.1. The average molecular weight is 424 g/mol. The molecule has 8 heteroatoms. The van der Waals surface area contributed by atoms with E-state index in [0.717, 1.165) is 18.4 Å². The number of carbonyl (C=O) groups excluding carboxylic acids is 1. The highest BCUT2D eigenvalue weighted by Crippen LogP contribution is 2.23. The smallest absolute Gasteiger partial charge is 0.262 e. The molecular weight excluding hydrogens is 398 g/mol. The summed E-state index contributed by atoms with van der Waals surface area (Å²) in [6.07, 6.45) is 1.89. The van der Waals surface area contributed by atoms with E-state index in [-0.39, 0.29) is 29.3 Å². The van der Waals surface area contributed by atoms with Gasteiger partial charge in [-0.25, -0.2) is 8.42 Å². The van der Waals surface area contributed by atoms with Gasteiger partial charge in [0.25, 0.3) is 15.9 Å². The van der Waals surface area contributed by atoms with Crippen molar-refractivity contribution in [3.8, 4) is 0 Å². The van der Waals surface area contributed by atoms with E-state index in [1.807, 2.05) is 13.0 Å². The Bertz CT molecular complexity index is 946. The maximum atomic E-state index is 12.7. The number of anilines is 1. The molecule has 1 atom stereocenters. The van der Waals surface area contributed by atoms with Crippen LogP contribution in [0.1, 0.15) is 34.3 Å². The van der Waals surface area contributed by atoms with E-state index in [1.54, 1.807) is 48.2 Å². The van der Waals surface area contributed by atoms with Crippen molar-refractivity contribution in [1.29, 1.82) is 0 Å². The maximum Gasteiger partial charge on any atom is 0.262 e. The number of rotatable bonds is 5. The molecule has 0 aromatic heterocycles. The Hall–Kier alpha value is -2.09. The van der Waals surface area contributed by atoms with Crippen LogP contribution in [-0.2, 0) is 10.0 Å². The van der Waals surface area contributed by atoms with Crippen molar-refractivity contribution in [3.63, 3.8) is 0 Å². The number of amides is 1. The fraction of sp³-hybridized carbons (Fsp3) is 0.350. The molecule has 2 aromatic rings. The standard InChI is InChI=1S/C20H25N3O3S.ClH/c1-14-5-6-15(2)19(12-14)27(25,26)22-17-9-7-16(8-10-17)20(24)23-11-3-4-18(23)13-21;/h5-10,12,18,22H,3-4,11,13,21H2,1-2H3;1H. The van der Waals surface area contributed by atoms with Gasteiger partial charge in [-0.3, -0.25) is 9.52 Å². The molecule has 3 N–H and O–H groups in total. The van der Waals surface area contributed by atoms with E-state index < -0.39 is 10.0 Å². The van der Waals surface area contributed by atoms with Gasteiger partial charge in [-0.1, -0.05) is 12.1 Å². The molecule has 1 aliphatic heterocycles. The summed E-state index contributed by atoms with van der Waals surface area (Å²) in [5, 5.41) is 0. The van der Waals surface area contributed by atoms with Gasteiger partial charge >= 0.3 is 0 Å². The number of hydrogen-bond donors (Lipinski definition) is 2. The molecule has 28 heavy (non-hydrogen) atoms. The number of hydrogen-bond acceptors (Lipinski definition) is 4. The fourth-order valence-corrected chi connectivity index (χ4v) is 4.79. The molecule has 1 amide bonds. The summed E-state index contributed by atoms with van der Waals surface area (Å²) in [5.41, 5.74) is 8.25. The van der Waals surface area contributed by atoms with Crippen molar-refractivity contribution in [2.24, 2.45) is 5.73 Å². The molecule has 3 rings (SSSR count). The number of carbonyl (C=O) groups is 1. The molecule has 1 heterocycles. The molecule has 0 spiro atoms. The SMILES string of the molecule is Cc1ccc(C)c(S(=O)(=O)Nc2ccc(C(=O)N3CCCC3CN)cc2)c1.Cl. The molecule has 152 valence electrons. The first-order valence-electron chi connectivity index (χ1n) is 9.03. The van der Waals surface area contributed by atoms with E-state index in [9.17, 15) is 13.2 Å². The fourth-order valence-electron chi connectivity index (χ4n) is 3.40. The summed E-state index contributed by atoms with van der Waals surface area (Å²) in [5.74, 6) is -0.0631. The third-order valence-corrected chi connectivity index (χ3v) is 6.45. The normalized spacial score (nSPS) is 16.5. The number of likely N-dealkylation sites (tertiary alicyclic amines) is 1. The predicted octanol–water partition coefficient (Wildman–Crippen LogP) is 3.09. The van der Waals surface area contributed by atoms with Crippen LogP contribution in [0.2, 0.25) is 0 Å². The summed E-state index contributed by atoms with van der Waals surface area (Å²) in [7, 11) is -3.69. The van der Waals surface area contributed by atoms with E-state index in [4.69, 9.17) is 5.73 Å². The molecule has 2 aromatic carbocycles. The van der Waals surface area contributed by atoms with E-state index in [0.29, 0.717) is 29.9 Å². The Morgan fingerprint density at radius 3 is 2.50 bits per heavy atom. The second-order valence-corrected chi connectivity index (χ2v) is 8.63. The third kappa shape index (κ3) is 4.66. The Morgan fingerprint density at radius 2 is 1.86 bits per heavy atom. The molecule has 0 aliphatic carbocycles. The van der Waals surface area contributed by atoms with Crippen molar-refractivity contribution in [2.75, 3.05) is 17.8 Å². The van der Waals surface area contributed by atoms with Gasteiger partial charge in [-0.05, 0) is 68.1 Å². The number of sulfonamides is 1. The molecule has 6 nitrogen and oxygen atoms in total. The molecule has 1 aliphatic rings. The van der Waals surface area contributed by atoms with Crippen molar-refractivity contribution in [1.82, 2.24) is 4.90 Å². The Kier molecular flexibility index (Phi) is 7.09. The molecule has 0 radical (unpaired) electrons. The van der Waals surface area contributed by atoms with Crippen molar-refractivity contribution in [3.05, 3.63) is 59.2 Å². The minimum Gasteiger partial charge on any atom is -0.334 e. The van der Waals surface area contributed by atoms with Crippen LogP contribution in [0.25, 0.3) is 0 Å². The van der Waals surface area contributed by atoms with E-state index >= 15 is 0 Å². The highest BCUT2D eigenvalue weighted by Gasteiger charge is 2.28. The molecular formula is C20H26ClN3O3S. The quantitative estimate of drug-likeness (QED) is 0.772. The lowest BCUT2D eigenvalue weighted by Gasteiger charge is -2.23. The summed E-state index contributed by atoms with van der Waals surface area (Å²) >= 11 is 0. The zero-order valence-electron chi connectivity index (χ0n) is 16.0. The van der Waals surface area contributed by atoms with Crippen LogP contribution in [0, 0.1) is 13.8 Å². The van der Waals surface area contributed by atoms with Gasteiger partial charge in [0, 0.05) is 30.4 Å². The molecule has 0 saturated carbocycles. The zero-order valence-corrected chi connectivity index (χ0v) is 17.6. The minimum absolute atomic E-state index is 0. The van der Waals surface area contributed by atoms with Crippen LogP contribution in [0.5, 0.6) is 0 Å². The molecule has 1 fully saturated rings. The topological polar surface area (TPSA) is 92.5 Å². The first-order valence-corrected chi connectivity index (χ1v) is 10.5. The lowest BCUT2D eigenvalue weighted by molar-refractivity contribution is 0.0741. The van der Waals surface area contributed by atoms with Gasteiger partial charge in [0.2, 0.25) is 0 Å². The number of nitrogens with zero attached hydrogens (tertiary/aromatic N) is 1. The van der Waals surface area contributed by atoms with Crippen LogP contribution in [-0.4, -0.2) is 38.4 Å². The predicted molar refractivity (Wildman–Crippen MR) is 114 cm³/mol. The van der Waals surface area contributed by atoms with Crippen LogP contribution in [0.4, 0.5) is 5.69 Å². The number of nitrogens with one attached hydrogen (secondary N) is 1. The van der Waals surface area contributed by atoms with Crippen LogP contribution >= 0.6 is 12.4 Å². The van der Waals surface area contributed by atoms with E-state index in [1.165, 1.54) is 0 Å². The summed E-state index contributed by atoms with van der Waals surface area (Å²) in [6.45, 7) is 4.78. The Balaban J connectivity index is 0.00000280. The van der Waals surface area contributed by atoms with Crippen molar-refractivity contribution in [2.45, 2.75) is 37.6 Å². The summed E-state index contributed by atoms with van der Waals surface area (Å²) in [4.78, 5) is 14.7. The zero-order chi connectivity index (χ0) is 19.6. The minimum atomic E-state index is -3.69. The molecule has 1 unspecified atom stereocenters. The van der Waals surface area contributed by atoms with Crippen molar-refractivity contribution >= 4 is 34.0 Å². The highest BCUT2D eigenvalue weighted by atomic mass is 35.5. The lowest BCUT2D eigenvalue weighted by Crippen LogP contribution is -2.39.